The van der Waals surface area contributed by atoms with E-state index in [9.17, 15) is 0 Å². The summed E-state index contributed by atoms with van der Waals surface area (Å²) in [5.41, 5.74) is 5.82. The molecule has 1 fully saturated rings. The minimum Gasteiger partial charge on any atom is -0.368 e. The normalized spacial score (nSPS) is 17.9. The van der Waals surface area contributed by atoms with Crippen molar-refractivity contribution in [3.63, 3.8) is 0 Å². The van der Waals surface area contributed by atoms with Gasteiger partial charge in [0.1, 0.15) is 0 Å². The minimum atomic E-state index is 0.126. The summed E-state index contributed by atoms with van der Waals surface area (Å²) in [5.74, 6) is 0.601. The fraction of sp³-hybridized carbons (Fsp3) is 0.625. The van der Waals surface area contributed by atoms with Crippen LogP contribution in [0.15, 0.2) is 0 Å². The summed E-state index contributed by atoms with van der Waals surface area (Å²) in [6.45, 7) is 3.07. The molecule has 0 aromatic carbocycles. The quantitative estimate of drug-likeness (QED) is 0.792. The van der Waals surface area contributed by atoms with Crippen molar-refractivity contribution < 1.29 is 0 Å². The van der Waals surface area contributed by atoms with Gasteiger partial charge in [0, 0.05) is 6.54 Å². The molecule has 1 aromatic rings. The molecule has 2 rings (SSSR count). The first-order chi connectivity index (χ1) is 6.57. The maximum absolute atomic E-state index is 5.63. The molecule has 0 saturated heterocycles. The molecule has 1 saturated carbocycles. The van der Waals surface area contributed by atoms with E-state index >= 15 is 0 Å². The van der Waals surface area contributed by atoms with E-state index in [4.69, 9.17) is 17.3 Å². The summed E-state index contributed by atoms with van der Waals surface area (Å²) in [6, 6.07) is 0. The molecule has 0 aliphatic heterocycles. The lowest BCUT2D eigenvalue weighted by atomic mass is 10.1. The zero-order valence-corrected chi connectivity index (χ0v) is 8.67. The molecule has 0 radical (unpaired) electrons. The molecule has 5 nitrogen and oxygen atoms in total. The van der Waals surface area contributed by atoms with Crippen molar-refractivity contribution in [2.75, 3.05) is 17.6 Å². The third kappa shape index (κ3) is 2.23. The summed E-state index contributed by atoms with van der Waals surface area (Å²) >= 11 is 5.63. The zero-order valence-electron chi connectivity index (χ0n) is 7.92. The van der Waals surface area contributed by atoms with Gasteiger partial charge in [0.2, 0.25) is 17.2 Å². The maximum Gasteiger partial charge on any atom is 0.228 e. The molecule has 0 atom stereocenters. The highest BCUT2D eigenvalue weighted by molar-refractivity contribution is 6.28. The van der Waals surface area contributed by atoms with Gasteiger partial charge in [0.15, 0.2) is 0 Å². The number of rotatable bonds is 3. The Morgan fingerprint density at radius 2 is 2.14 bits per heavy atom. The molecule has 0 bridgehead atoms. The van der Waals surface area contributed by atoms with Crippen LogP contribution >= 0.6 is 11.6 Å². The van der Waals surface area contributed by atoms with Crippen LogP contribution in [0.2, 0.25) is 5.28 Å². The number of hydrogen-bond acceptors (Lipinski definition) is 5. The monoisotopic (exact) mass is 213 g/mol. The first-order valence-corrected chi connectivity index (χ1v) is 4.86. The second-order valence-corrected chi connectivity index (χ2v) is 4.29. The van der Waals surface area contributed by atoms with Gasteiger partial charge in [-0.05, 0) is 29.9 Å². The van der Waals surface area contributed by atoms with Gasteiger partial charge in [-0.1, -0.05) is 6.92 Å². The number of nitrogens with one attached hydrogen (secondary N) is 1. The molecule has 1 aliphatic carbocycles. The van der Waals surface area contributed by atoms with Crippen LogP contribution in [0.25, 0.3) is 0 Å². The molecule has 1 aromatic heterocycles. The third-order valence-corrected chi connectivity index (χ3v) is 2.57. The third-order valence-electron chi connectivity index (χ3n) is 2.40. The molecule has 6 heteroatoms. The first kappa shape index (κ1) is 9.45. The van der Waals surface area contributed by atoms with Crippen LogP contribution in [0.5, 0.6) is 0 Å². The van der Waals surface area contributed by atoms with E-state index in [-0.39, 0.29) is 11.2 Å². The van der Waals surface area contributed by atoms with Crippen molar-refractivity contribution in [3.8, 4) is 0 Å². The van der Waals surface area contributed by atoms with E-state index in [1.807, 2.05) is 0 Å². The molecule has 0 spiro atoms. The van der Waals surface area contributed by atoms with Crippen molar-refractivity contribution in [3.05, 3.63) is 5.28 Å². The van der Waals surface area contributed by atoms with E-state index in [1.165, 1.54) is 12.8 Å². The standard InChI is InChI=1S/C8H12ClN5/c1-8(2-3-8)4-11-7-13-5(9)12-6(10)14-7/h2-4H2,1H3,(H3,10,11,12,13,14). The van der Waals surface area contributed by atoms with Crippen LogP contribution < -0.4 is 11.1 Å². The SMILES string of the molecule is CC1(CNc2nc(N)nc(Cl)n2)CC1. The van der Waals surface area contributed by atoms with Crippen molar-refractivity contribution in [1.29, 1.82) is 0 Å². The number of nitrogen functional groups attached to an aromatic ring is 1. The van der Waals surface area contributed by atoms with E-state index in [0.717, 1.165) is 6.54 Å². The Labute approximate surface area is 87.1 Å². The summed E-state index contributed by atoms with van der Waals surface area (Å²) in [7, 11) is 0. The van der Waals surface area contributed by atoms with Crippen molar-refractivity contribution in [2.45, 2.75) is 19.8 Å². The lowest BCUT2D eigenvalue weighted by Gasteiger charge is -2.09. The highest BCUT2D eigenvalue weighted by Crippen LogP contribution is 2.44. The number of nitrogens with zero attached hydrogens (tertiary/aromatic N) is 3. The maximum atomic E-state index is 5.63. The summed E-state index contributed by atoms with van der Waals surface area (Å²) in [4.78, 5) is 11.5. The Kier molecular flexibility index (Phi) is 2.19. The Bertz CT molecular complexity index is 329. The molecule has 0 amide bonds. The first-order valence-electron chi connectivity index (χ1n) is 4.48. The van der Waals surface area contributed by atoms with Crippen molar-refractivity contribution >= 4 is 23.5 Å². The average Bonchev–Trinajstić information content (AvgIpc) is 2.80. The predicted octanol–water partition coefficient (Wildman–Crippen LogP) is 1.32. The Hall–Kier alpha value is -1.10. The lowest BCUT2D eigenvalue weighted by Crippen LogP contribution is -2.14. The van der Waals surface area contributed by atoms with Gasteiger partial charge in [-0.15, -0.1) is 0 Å². The van der Waals surface area contributed by atoms with Gasteiger partial charge in [-0.3, -0.25) is 0 Å². The molecule has 76 valence electrons. The van der Waals surface area contributed by atoms with Crippen LogP contribution in [0.4, 0.5) is 11.9 Å². The van der Waals surface area contributed by atoms with Crippen molar-refractivity contribution in [1.82, 2.24) is 15.0 Å². The summed E-state index contributed by atoms with van der Waals surface area (Å²) in [6.07, 6.45) is 2.49. The van der Waals surface area contributed by atoms with Gasteiger partial charge in [0.25, 0.3) is 0 Å². The smallest absolute Gasteiger partial charge is 0.228 e. The topological polar surface area (TPSA) is 76.7 Å². The molecule has 3 N–H and O–H groups in total. The molecular weight excluding hydrogens is 202 g/mol. The van der Waals surface area contributed by atoms with Crippen molar-refractivity contribution in [2.24, 2.45) is 5.41 Å². The van der Waals surface area contributed by atoms with Crippen LogP contribution in [-0.2, 0) is 0 Å². The summed E-state index contributed by atoms with van der Waals surface area (Å²) in [5, 5.41) is 3.23. The van der Waals surface area contributed by atoms with Gasteiger partial charge < -0.3 is 11.1 Å². The number of aromatic nitrogens is 3. The van der Waals surface area contributed by atoms with Gasteiger partial charge in [0.05, 0.1) is 0 Å². The zero-order chi connectivity index (χ0) is 10.2. The Morgan fingerprint density at radius 3 is 2.71 bits per heavy atom. The molecule has 14 heavy (non-hydrogen) atoms. The second-order valence-electron chi connectivity index (χ2n) is 3.95. The van der Waals surface area contributed by atoms with E-state index < -0.39 is 0 Å². The fourth-order valence-electron chi connectivity index (χ4n) is 1.13. The van der Waals surface area contributed by atoms with Gasteiger partial charge >= 0.3 is 0 Å². The number of halogens is 1. The van der Waals surface area contributed by atoms with Crippen LogP contribution in [0, 0.1) is 5.41 Å². The number of anilines is 2. The second kappa shape index (κ2) is 3.24. The van der Waals surface area contributed by atoms with Gasteiger partial charge in [-0.2, -0.15) is 15.0 Å². The molecule has 0 unspecified atom stereocenters. The molecule has 1 aliphatic rings. The Morgan fingerprint density at radius 1 is 1.43 bits per heavy atom. The van der Waals surface area contributed by atoms with Crippen LogP contribution in [0.3, 0.4) is 0 Å². The largest absolute Gasteiger partial charge is 0.368 e. The van der Waals surface area contributed by atoms with E-state index in [0.29, 0.717) is 11.4 Å². The van der Waals surface area contributed by atoms with Crippen LogP contribution in [0.1, 0.15) is 19.8 Å². The summed E-state index contributed by atoms with van der Waals surface area (Å²) < 4.78 is 0. The average molecular weight is 214 g/mol. The lowest BCUT2D eigenvalue weighted by molar-refractivity contribution is 0.607. The molecular formula is C8H12ClN5. The highest BCUT2D eigenvalue weighted by Gasteiger charge is 2.36. The Balaban J connectivity index is 2.01. The van der Waals surface area contributed by atoms with Crippen LogP contribution in [-0.4, -0.2) is 21.5 Å². The predicted molar refractivity (Wildman–Crippen MR) is 55.1 cm³/mol. The fourth-order valence-corrected chi connectivity index (χ4v) is 1.29. The highest BCUT2D eigenvalue weighted by atomic mass is 35.5. The minimum absolute atomic E-state index is 0.126. The number of hydrogen-bond donors (Lipinski definition) is 2. The van der Waals surface area contributed by atoms with Gasteiger partial charge in [-0.25, -0.2) is 0 Å². The number of nitrogens with two attached hydrogens (primary N) is 1. The van der Waals surface area contributed by atoms with E-state index in [2.05, 4.69) is 27.2 Å². The van der Waals surface area contributed by atoms with E-state index in [1.54, 1.807) is 0 Å². The molecule has 1 heterocycles.